The van der Waals surface area contributed by atoms with Crippen LogP contribution in [0.4, 0.5) is 5.69 Å². The third-order valence-corrected chi connectivity index (χ3v) is 4.25. The number of nitrogens with one attached hydrogen (secondary N) is 2. The molecule has 1 heterocycles. The summed E-state index contributed by atoms with van der Waals surface area (Å²) in [6, 6.07) is 7.09. The van der Waals surface area contributed by atoms with Crippen molar-refractivity contribution in [2.75, 3.05) is 45.2 Å². The van der Waals surface area contributed by atoms with Crippen LogP contribution in [0, 0.1) is 5.92 Å². The molecule has 1 aromatic rings. The predicted octanol–water partition coefficient (Wildman–Crippen LogP) is 2.15. The van der Waals surface area contributed by atoms with Crippen molar-refractivity contribution in [2.24, 2.45) is 5.92 Å². The monoisotopic (exact) mass is 369 g/mol. The Balaban J connectivity index is 0.00000312. The molecule has 0 bridgehead atoms. The van der Waals surface area contributed by atoms with E-state index in [4.69, 9.17) is 4.74 Å². The Hall–Kier alpha value is -1.63. The van der Waals surface area contributed by atoms with Gasteiger partial charge in [-0.2, -0.15) is 0 Å². The molecule has 2 N–H and O–H groups in total. The molecule has 0 unspecified atom stereocenters. The topological polar surface area (TPSA) is 70.7 Å². The lowest BCUT2D eigenvalue weighted by molar-refractivity contribution is -0.115. The van der Waals surface area contributed by atoms with Crippen LogP contribution in [0.2, 0.25) is 0 Å². The Kier molecular flexibility index (Phi) is 9.49. The van der Waals surface area contributed by atoms with Gasteiger partial charge in [-0.25, -0.2) is 0 Å². The number of amides is 2. The molecule has 0 atom stereocenters. The highest BCUT2D eigenvalue weighted by Crippen LogP contribution is 2.19. The minimum atomic E-state index is -0.116. The second-order valence-corrected chi connectivity index (χ2v) is 6.27. The van der Waals surface area contributed by atoms with Crippen LogP contribution in [-0.2, 0) is 9.53 Å². The summed E-state index contributed by atoms with van der Waals surface area (Å²) in [5.74, 6) is 0.653. The van der Waals surface area contributed by atoms with E-state index in [2.05, 4.69) is 17.6 Å². The first kappa shape index (κ1) is 21.4. The SMILES string of the molecule is COCCNCC(=O)Nc1ccc(C(=O)N2CCC(C)CC2)cc1.Cl. The fraction of sp³-hybridized carbons (Fsp3) is 0.556. The molecule has 1 fully saturated rings. The van der Waals surface area contributed by atoms with Crippen LogP contribution in [0.1, 0.15) is 30.1 Å². The van der Waals surface area contributed by atoms with Crippen molar-refractivity contribution in [3.8, 4) is 0 Å². The number of methoxy groups -OCH3 is 1. The fourth-order valence-corrected chi connectivity index (χ4v) is 2.67. The van der Waals surface area contributed by atoms with E-state index in [1.807, 2.05) is 4.90 Å². The predicted molar refractivity (Wildman–Crippen MR) is 101 cm³/mol. The molecular weight excluding hydrogens is 342 g/mol. The van der Waals surface area contributed by atoms with Crippen LogP contribution in [0.15, 0.2) is 24.3 Å². The lowest BCUT2D eigenvalue weighted by Crippen LogP contribution is -2.37. The number of halogens is 1. The summed E-state index contributed by atoms with van der Waals surface area (Å²) in [6.07, 6.45) is 2.13. The highest BCUT2D eigenvalue weighted by Gasteiger charge is 2.21. The summed E-state index contributed by atoms with van der Waals surface area (Å²) < 4.78 is 4.90. The van der Waals surface area contributed by atoms with Crippen molar-refractivity contribution in [1.29, 1.82) is 0 Å². The molecule has 6 nitrogen and oxygen atoms in total. The standard InChI is InChI=1S/C18H27N3O3.ClH/c1-14-7-10-21(11-8-14)18(23)15-3-5-16(6-4-15)20-17(22)13-19-9-12-24-2;/h3-6,14,19H,7-13H2,1-2H3,(H,20,22);1H. The van der Waals surface area contributed by atoms with Crippen molar-refractivity contribution in [2.45, 2.75) is 19.8 Å². The van der Waals surface area contributed by atoms with E-state index in [0.29, 0.717) is 30.3 Å². The normalized spacial score (nSPS) is 14.7. The number of ether oxygens (including phenoxy) is 1. The number of benzene rings is 1. The van der Waals surface area contributed by atoms with Gasteiger partial charge in [-0.15, -0.1) is 12.4 Å². The minimum Gasteiger partial charge on any atom is -0.383 e. The molecule has 0 radical (unpaired) electrons. The zero-order chi connectivity index (χ0) is 17.4. The largest absolute Gasteiger partial charge is 0.383 e. The zero-order valence-corrected chi connectivity index (χ0v) is 15.7. The number of anilines is 1. The Morgan fingerprint density at radius 1 is 1.20 bits per heavy atom. The molecule has 2 amide bonds. The van der Waals surface area contributed by atoms with Crippen molar-refractivity contribution in [1.82, 2.24) is 10.2 Å². The Bertz CT molecular complexity index is 543. The molecule has 0 aromatic heterocycles. The third kappa shape index (κ3) is 7.02. The Morgan fingerprint density at radius 3 is 2.44 bits per heavy atom. The molecule has 1 aromatic carbocycles. The molecule has 1 saturated heterocycles. The summed E-state index contributed by atoms with van der Waals surface area (Å²) >= 11 is 0. The summed E-state index contributed by atoms with van der Waals surface area (Å²) in [5, 5.41) is 5.79. The first-order chi connectivity index (χ1) is 11.6. The number of nitrogens with zero attached hydrogens (tertiary/aromatic N) is 1. The number of carbonyl (C=O) groups excluding carboxylic acids is 2. The highest BCUT2D eigenvalue weighted by atomic mass is 35.5. The molecule has 25 heavy (non-hydrogen) atoms. The van der Waals surface area contributed by atoms with E-state index in [1.54, 1.807) is 31.4 Å². The van der Waals surface area contributed by atoms with E-state index in [0.717, 1.165) is 25.9 Å². The molecule has 2 rings (SSSR count). The maximum Gasteiger partial charge on any atom is 0.253 e. The number of likely N-dealkylation sites (tertiary alicyclic amines) is 1. The summed E-state index contributed by atoms with van der Waals surface area (Å²) in [7, 11) is 1.62. The average Bonchev–Trinajstić information content (AvgIpc) is 2.59. The number of hydrogen-bond acceptors (Lipinski definition) is 4. The van der Waals surface area contributed by atoms with Gasteiger partial charge in [0.2, 0.25) is 5.91 Å². The lowest BCUT2D eigenvalue weighted by atomic mass is 9.98. The van der Waals surface area contributed by atoms with Crippen molar-refractivity contribution in [3.05, 3.63) is 29.8 Å². The van der Waals surface area contributed by atoms with Crippen LogP contribution < -0.4 is 10.6 Å². The highest BCUT2D eigenvalue weighted by molar-refractivity contribution is 5.96. The van der Waals surface area contributed by atoms with Crippen LogP contribution >= 0.6 is 12.4 Å². The quantitative estimate of drug-likeness (QED) is 0.722. The second-order valence-electron chi connectivity index (χ2n) is 6.27. The van der Waals surface area contributed by atoms with Crippen LogP contribution in [0.25, 0.3) is 0 Å². The van der Waals surface area contributed by atoms with Gasteiger partial charge >= 0.3 is 0 Å². The maximum atomic E-state index is 12.5. The van der Waals surface area contributed by atoms with E-state index in [9.17, 15) is 9.59 Å². The summed E-state index contributed by atoms with van der Waals surface area (Å²) in [4.78, 5) is 26.2. The van der Waals surface area contributed by atoms with Crippen molar-refractivity contribution < 1.29 is 14.3 Å². The maximum absolute atomic E-state index is 12.5. The third-order valence-electron chi connectivity index (χ3n) is 4.25. The molecule has 1 aliphatic heterocycles. The van der Waals surface area contributed by atoms with Crippen LogP contribution in [-0.4, -0.2) is 56.6 Å². The van der Waals surface area contributed by atoms with Gasteiger partial charge in [0.25, 0.3) is 5.91 Å². The van der Waals surface area contributed by atoms with Gasteiger partial charge in [0.05, 0.1) is 13.2 Å². The first-order valence-electron chi connectivity index (χ1n) is 8.49. The molecule has 0 aliphatic carbocycles. The Morgan fingerprint density at radius 2 is 1.84 bits per heavy atom. The molecule has 1 aliphatic rings. The van der Waals surface area contributed by atoms with Gasteiger partial charge in [-0.3, -0.25) is 9.59 Å². The zero-order valence-electron chi connectivity index (χ0n) is 14.9. The molecule has 0 spiro atoms. The van der Waals surface area contributed by atoms with Gasteiger partial charge < -0.3 is 20.3 Å². The average molecular weight is 370 g/mol. The van der Waals surface area contributed by atoms with Crippen molar-refractivity contribution in [3.63, 3.8) is 0 Å². The van der Waals surface area contributed by atoms with Gasteiger partial charge in [-0.05, 0) is 43.0 Å². The molecular formula is C18H28ClN3O3. The van der Waals surface area contributed by atoms with E-state index in [1.165, 1.54) is 0 Å². The molecule has 7 heteroatoms. The van der Waals surface area contributed by atoms with E-state index < -0.39 is 0 Å². The lowest BCUT2D eigenvalue weighted by Gasteiger charge is -2.30. The molecule has 0 saturated carbocycles. The van der Waals surface area contributed by atoms with Crippen LogP contribution in [0.3, 0.4) is 0 Å². The molecule has 140 valence electrons. The second kappa shape index (κ2) is 11.1. The van der Waals surface area contributed by atoms with Crippen LogP contribution in [0.5, 0.6) is 0 Å². The van der Waals surface area contributed by atoms with Gasteiger partial charge in [0.15, 0.2) is 0 Å². The van der Waals surface area contributed by atoms with Gasteiger partial charge in [0.1, 0.15) is 0 Å². The van der Waals surface area contributed by atoms with Gasteiger partial charge in [0, 0.05) is 38.0 Å². The fourth-order valence-electron chi connectivity index (χ4n) is 2.67. The van der Waals surface area contributed by atoms with E-state index >= 15 is 0 Å². The summed E-state index contributed by atoms with van der Waals surface area (Å²) in [6.45, 7) is 5.31. The first-order valence-corrected chi connectivity index (χ1v) is 8.49. The smallest absolute Gasteiger partial charge is 0.253 e. The number of rotatable bonds is 7. The number of hydrogen-bond donors (Lipinski definition) is 2. The van der Waals surface area contributed by atoms with Gasteiger partial charge in [-0.1, -0.05) is 6.92 Å². The number of carbonyl (C=O) groups is 2. The number of piperidine rings is 1. The summed E-state index contributed by atoms with van der Waals surface area (Å²) in [5.41, 5.74) is 1.36. The van der Waals surface area contributed by atoms with Crippen molar-refractivity contribution >= 4 is 29.9 Å². The Labute approximate surface area is 155 Å². The minimum absolute atomic E-state index is 0. The van der Waals surface area contributed by atoms with E-state index in [-0.39, 0.29) is 30.8 Å².